The minimum Gasteiger partial charge on any atom is -0.356 e. The van der Waals surface area contributed by atoms with Crippen molar-refractivity contribution in [3.63, 3.8) is 0 Å². The largest absolute Gasteiger partial charge is 0.356 e. The van der Waals surface area contributed by atoms with E-state index in [0.717, 1.165) is 31.2 Å². The second kappa shape index (κ2) is 4.87. The van der Waals surface area contributed by atoms with Crippen LogP contribution in [0.2, 0.25) is 0 Å². The van der Waals surface area contributed by atoms with Crippen molar-refractivity contribution in [3.8, 4) is 0 Å². The number of anilines is 1. The highest BCUT2D eigenvalue weighted by Crippen LogP contribution is 2.24. The molecule has 1 fully saturated rings. The van der Waals surface area contributed by atoms with Crippen molar-refractivity contribution in [1.29, 1.82) is 0 Å². The van der Waals surface area contributed by atoms with E-state index in [9.17, 15) is 0 Å². The van der Waals surface area contributed by atoms with E-state index in [1.54, 1.807) is 0 Å². The Bertz CT molecular complexity index is 345. The molecule has 0 spiro atoms. The topological polar surface area (TPSA) is 33.1 Å². The van der Waals surface area contributed by atoms with Crippen LogP contribution in [0.15, 0.2) is 6.20 Å². The third kappa shape index (κ3) is 2.38. The maximum absolute atomic E-state index is 4.55. The Balaban J connectivity index is 2.12. The highest BCUT2D eigenvalue weighted by atomic mass is 15.3. The molecule has 0 aromatic carbocycles. The Morgan fingerprint density at radius 1 is 1.56 bits per heavy atom. The van der Waals surface area contributed by atoms with Crippen molar-refractivity contribution in [2.24, 2.45) is 0 Å². The standard InChI is InChI=1S/C12H22N4/c1-4-6-13-12-14-10(2)8-16(12)11-5-7-15(3)9-11/h8,11H,4-7,9H2,1-3H3,(H,13,14). The predicted molar refractivity (Wildman–Crippen MR) is 66.9 cm³/mol. The van der Waals surface area contributed by atoms with Crippen LogP contribution < -0.4 is 5.32 Å². The van der Waals surface area contributed by atoms with Gasteiger partial charge in [0.25, 0.3) is 0 Å². The third-order valence-corrected chi connectivity index (χ3v) is 3.15. The smallest absolute Gasteiger partial charge is 0.203 e. The average Bonchev–Trinajstić information content (AvgIpc) is 2.81. The second-order valence-corrected chi connectivity index (χ2v) is 4.74. The summed E-state index contributed by atoms with van der Waals surface area (Å²) in [7, 11) is 2.18. The van der Waals surface area contributed by atoms with Gasteiger partial charge in [-0.15, -0.1) is 0 Å². The molecule has 0 bridgehead atoms. The monoisotopic (exact) mass is 222 g/mol. The van der Waals surface area contributed by atoms with E-state index in [1.165, 1.54) is 13.0 Å². The summed E-state index contributed by atoms with van der Waals surface area (Å²) in [5.74, 6) is 1.04. The van der Waals surface area contributed by atoms with Crippen LogP contribution >= 0.6 is 0 Å². The Morgan fingerprint density at radius 3 is 3.00 bits per heavy atom. The molecule has 0 saturated carbocycles. The first-order chi connectivity index (χ1) is 7.70. The normalized spacial score (nSPS) is 21.6. The summed E-state index contributed by atoms with van der Waals surface area (Å²) in [6.07, 6.45) is 4.53. The lowest BCUT2D eigenvalue weighted by atomic mass is 10.2. The number of nitrogens with zero attached hydrogens (tertiary/aromatic N) is 3. The van der Waals surface area contributed by atoms with Crippen molar-refractivity contribution in [2.75, 3.05) is 32.0 Å². The van der Waals surface area contributed by atoms with Crippen LogP contribution in [0.1, 0.15) is 31.5 Å². The van der Waals surface area contributed by atoms with Gasteiger partial charge in [-0.25, -0.2) is 4.98 Å². The summed E-state index contributed by atoms with van der Waals surface area (Å²) in [5.41, 5.74) is 1.10. The van der Waals surface area contributed by atoms with E-state index in [0.29, 0.717) is 6.04 Å². The predicted octanol–water partition coefficient (Wildman–Crippen LogP) is 1.89. The highest BCUT2D eigenvalue weighted by Gasteiger charge is 2.23. The molecule has 1 unspecified atom stereocenters. The van der Waals surface area contributed by atoms with Gasteiger partial charge in [-0.3, -0.25) is 0 Å². The van der Waals surface area contributed by atoms with E-state index in [1.807, 2.05) is 0 Å². The fourth-order valence-electron chi connectivity index (χ4n) is 2.30. The summed E-state index contributed by atoms with van der Waals surface area (Å²) in [5, 5.41) is 3.41. The molecule has 0 amide bonds. The number of rotatable bonds is 4. The van der Waals surface area contributed by atoms with E-state index in [-0.39, 0.29) is 0 Å². The number of aromatic nitrogens is 2. The molecule has 1 N–H and O–H groups in total. The van der Waals surface area contributed by atoms with Crippen LogP contribution in [0.5, 0.6) is 0 Å². The van der Waals surface area contributed by atoms with Gasteiger partial charge in [0.2, 0.25) is 5.95 Å². The van der Waals surface area contributed by atoms with Crippen LogP contribution in [0, 0.1) is 6.92 Å². The Kier molecular flexibility index (Phi) is 3.49. The minimum absolute atomic E-state index is 0.588. The lowest BCUT2D eigenvalue weighted by Gasteiger charge is -2.15. The van der Waals surface area contributed by atoms with Crippen LogP contribution in [-0.2, 0) is 0 Å². The summed E-state index contributed by atoms with van der Waals surface area (Å²) >= 11 is 0. The molecule has 1 saturated heterocycles. The second-order valence-electron chi connectivity index (χ2n) is 4.74. The molecule has 1 aliphatic rings. The number of nitrogens with one attached hydrogen (secondary N) is 1. The SMILES string of the molecule is CCCNc1nc(C)cn1C1CCN(C)C1. The summed E-state index contributed by atoms with van der Waals surface area (Å²) in [6, 6.07) is 0.588. The van der Waals surface area contributed by atoms with Gasteiger partial charge in [-0.2, -0.15) is 0 Å². The van der Waals surface area contributed by atoms with Gasteiger partial charge >= 0.3 is 0 Å². The fraction of sp³-hybridized carbons (Fsp3) is 0.750. The number of aryl methyl sites for hydroxylation is 1. The number of likely N-dealkylation sites (N-methyl/N-ethyl adjacent to an activating group) is 1. The van der Waals surface area contributed by atoms with E-state index in [2.05, 4.69) is 46.9 Å². The van der Waals surface area contributed by atoms with Crippen LogP contribution in [0.25, 0.3) is 0 Å². The Hall–Kier alpha value is -1.03. The Morgan fingerprint density at radius 2 is 2.38 bits per heavy atom. The van der Waals surface area contributed by atoms with Gasteiger partial charge in [-0.1, -0.05) is 6.92 Å². The molecule has 1 aromatic heterocycles. The molecule has 90 valence electrons. The van der Waals surface area contributed by atoms with Gasteiger partial charge in [0.05, 0.1) is 11.7 Å². The molecular weight excluding hydrogens is 200 g/mol. The van der Waals surface area contributed by atoms with Gasteiger partial charge in [0, 0.05) is 19.3 Å². The van der Waals surface area contributed by atoms with Gasteiger partial charge in [0.1, 0.15) is 0 Å². The maximum atomic E-state index is 4.55. The van der Waals surface area contributed by atoms with Crippen molar-refractivity contribution < 1.29 is 0 Å². The quantitative estimate of drug-likeness (QED) is 0.844. The molecule has 1 aliphatic heterocycles. The van der Waals surface area contributed by atoms with E-state index in [4.69, 9.17) is 0 Å². The first-order valence-electron chi connectivity index (χ1n) is 6.18. The van der Waals surface area contributed by atoms with Crippen LogP contribution in [-0.4, -0.2) is 41.1 Å². The molecule has 4 heteroatoms. The molecule has 16 heavy (non-hydrogen) atoms. The van der Waals surface area contributed by atoms with E-state index >= 15 is 0 Å². The van der Waals surface area contributed by atoms with Gasteiger partial charge in [-0.05, 0) is 33.4 Å². The van der Waals surface area contributed by atoms with Crippen molar-refractivity contribution in [3.05, 3.63) is 11.9 Å². The number of hydrogen-bond donors (Lipinski definition) is 1. The van der Waals surface area contributed by atoms with Crippen LogP contribution in [0.4, 0.5) is 5.95 Å². The van der Waals surface area contributed by atoms with Crippen molar-refractivity contribution >= 4 is 5.95 Å². The minimum atomic E-state index is 0.588. The average molecular weight is 222 g/mol. The fourth-order valence-corrected chi connectivity index (χ4v) is 2.30. The number of imidazole rings is 1. The molecule has 0 aliphatic carbocycles. The molecule has 4 nitrogen and oxygen atoms in total. The zero-order chi connectivity index (χ0) is 11.5. The maximum Gasteiger partial charge on any atom is 0.203 e. The van der Waals surface area contributed by atoms with Gasteiger partial charge in [0.15, 0.2) is 0 Å². The molecule has 0 radical (unpaired) electrons. The summed E-state index contributed by atoms with van der Waals surface area (Å²) in [4.78, 5) is 6.93. The number of hydrogen-bond acceptors (Lipinski definition) is 3. The van der Waals surface area contributed by atoms with Crippen molar-refractivity contribution in [1.82, 2.24) is 14.5 Å². The first-order valence-corrected chi connectivity index (χ1v) is 6.18. The molecule has 1 atom stereocenters. The molecule has 1 aromatic rings. The first kappa shape index (κ1) is 11.5. The zero-order valence-corrected chi connectivity index (χ0v) is 10.5. The number of likely N-dealkylation sites (tertiary alicyclic amines) is 1. The lowest BCUT2D eigenvalue weighted by molar-refractivity contribution is 0.393. The Labute approximate surface area is 97.7 Å². The molecular formula is C12H22N4. The van der Waals surface area contributed by atoms with Crippen molar-refractivity contribution in [2.45, 2.75) is 32.7 Å². The molecule has 2 rings (SSSR count). The molecule has 2 heterocycles. The zero-order valence-electron chi connectivity index (χ0n) is 10.5. The lowest BCUT2D eigenvalue weighted by Crippen LogP contribution is -2.18. The highest BCUT2D eigenvalue weighted by molar-refractivity contribution is 5.29. The van der Waals surface area contributed by atoms with Gasteiger partial charge < -0.3 is 14.8 Å². The van der Waals surface area contributed by atoms with E-state index < -0.39 is 0 Å². The van der Waals surface area contributed by atoms with Crippen LogP contribution in [0.3, 0.4) is 0 Å². The summed E-state index contributed by atoms with van der Waals surface area (Å²) < 4.78 is 2.31. The third-order valence-electron chi connectivity index (χ3n) is 3.15. The summed E-state index contributed by atoms with van der Waals surface area (Å²) in [6.45, 7) is 7.56.